The Labute approximate surface area is 118 Å². The van der Waals surface area contributed by atoms with Crippen LogP contribution in [0.3, 0.4) is 0 Å². The summed E-state index contributed by atoms with van der Waals surface area (Å²) in [6, 6.07) is 2.07. The number of nitrogens with one attached hydrogen (secondary N) is 1. The molecule has 2 rings (SSSR count). The molecule has 5 heteroatoms. The Bertz CT molecular complexity index is 526. The van der Waals surface area contributed by atoms with E-state index in [1.165, 1.54) is 0 Å². The van der Waals surface area contributed by atoms with Crippen molar-refractivity contribution in [3.63, 3.8) is 0 Å². The van der Waals surface area contributed by atoms with Crippen molar-refractivity contribution in [3.05, 3.63) is 17.3 Å². The second kappa shape index (κ2) is 6.82. The minimum Gasteiger partial charge on any atom is -0.371 e. The first-order valence-corrected chi connectivity index (χ1v) is 7.72. The van der Waals surface area contributed by atoms with E-state index in [0.717, 1.165) is 41.2 Å². The van der Waals surface area contributed by atoms with Crippen molar-refractivity contribution in [1.82, 2.24) is 9.97 Å². The predicted octanol–water partition coefficient (Wildman–Crippen LogP) is 3.83. The van der Waals surface area contributed by atoms with E-state index in [2.05, 4.69) is 47.5 Å². The second-order valence-corrected chi connectivity index (χ2v) is 5.48. The maximum absolute atomic E-state index is 5.71. The Morgan fingerprint density at radius 2 is 2.21 bits per heavy atom. The number of ether oxygens (including phenoxy) is 1. The number of rotatable bonds is 7. The normalized spacial score (nSPS) is 12.8. The van der Waals surface area contributed by atoms with E-state index in [9.17, 15) is 0 Å². The Hall–Kier alpha value is -1.20. The molecule has 0 aliphatic rings. The van der Waals surface area contributed by atoms with Gasteiger partial charge in [0, 0.05) is 6.54 Å². The van der Waals surface area contributed by atoms with Crippen molar-refractivity contribution in [2.45, 2.75) is 46.3 Å². The molecule has 0 saturated carbocycles. The van der Waals surface area contributed by atoms with Gasteiger partial charge >= 0.3 is 0 Å². The van der Waals surface area contributed by atoms with Gasteiger partial charge in [0.05, 0.1) is 11.5 Å². The maximum Gasteiger partial charge on any atom is 0.158 e. The number of nitrogens with zero attached hydrogens (tertiary/aromatic N) is 2. The largest absolute Gasteiger partial charge is 0.371 e. The van der Waals surface area contributed by atoms with Crippen LogP contribution >= 0.6 is 11.3 Å². The van der Waals surface area contributed by atoms with Crippen LogP contribution in [0.5, 0.6) is 0 Å². The van der Waals surface area contributed by atoms with Crippen LogP contribution in [-0.4, -0.2) is 22.6 Å². The van der Waals surface area contributed by atoms with Gasteiger partial charge in [-0.15, -0.1) is 11.3 Å². The maximum atomic E-state index is 5.71. The van der Waals surface area contributed by atoms with Gasteiger partial charge < -0.3 is 10.1 Å². The van der Waals surface area contributed by atoms with Gasteiger partial charge in [-0.25, -0.2) is 9.97 Å². The molecule has 2 aromatic heterocycles. The van der Waals surface area contributed by atoms with E-state index in [4.69, 9.17) is 4.74 Å². The first-order valence-electron chi connectivity index (χ1n) is 6.84. The van der Waals surface area contributed by atoms with E-state index in [1.54, 1.807) is 11.3 Å². The van der Waals surface area contributed by atoms with Gasteiger partial charge in [0.25, 0.3) is 0 Å². The number of hydrogen-bond acceptors (Lipinski definition) is 5. The van der Waals surface area contributed by atoms with E-state index in [1.807, 2.05) is 0 Å². The van der Waals surface area contributed by atoms with Gasteiger partial charge in [-0.3, -0.25) is 0 Å². The fraction of sp³-hybridized carbons (Fsp3) is 0.571. The van der Waals surface area contributed by atoms with Crippen molar-refractivity contribution >= 4 is 27.4 Å². The fourth-order valence-electron chi connectivity index (χ4n) is 1.68. The molecule has 4 nitrogen and oxygen atoms in total. The lowest BCUT2D eigenvalue weighted by atomic mass is 10.3. The van der Waals surface area contributed by atoms with E-state index < -0.39 is 0 Å². The molecule has 0 bridgehead atoms. The Kier molecular flexibility index (Phi) is 5.10. The molecule has 19 heavy (non-hydrogen) atoms. The molecule has 0 spiro atoms. The zero-order valence-electron chi connectivity index (χ0n) is 11.8. The van der Waals surface area contributed by atoms with Crippen molar-refractivity contribution in [2.24, 2.45) is 0 Å². The molecule has 0 fully saturated rings. The van der Waals surface area contributed by atoms with Crippen molar-refractivity contribution in [2.75, 3.05) is 11.9 Å². The van der Waals surface area contributed by atoms with Gasteiger partial charge in [-0.05, 0) is 31.2 Å². The summed E-state index contributed by atoms with van der Waals surface area (Å²) in [5, 5.41) is 6.52. The predicted molar refractivity (Wildman–Crippen MR) is 80.7 cm³/mol. The minimum absolute atomic E-state index is 0.245. The molecular weight excluding hydrogens is 258 g/mol. The highest BCUT2D eigenvalue weighted by atomic mass is 32.1. The van der Waals surface area contributed by atoms with Gasteiger partial charge in [-0.2, -0.15) is 0 Å². The molecule has 0 aliphatic carbocycles. The summed E-state index contributed by atoms with van der Waals surface area (Å²) in [4.78, 5) is 10.2. The smallest absolute Gasteiger partial charge is 0.158 e. The summed E-state index contributed by atoms with van der Waals surface area (Å²) in [6.45, 7) is 7.73. The Balaban J connectivity index is 2.19. The quantitative estimate of drug-likeness (QED) is 0.836. The molecule has 104 valence electrons. The zero-order valence-corrected chi connectivity index (χ0v) is 12.6. The van der Waals surface area contributed by atoms with Crippen molar-refractivity contribution < 1.29 is 4.74 Å². The Morgan fingerprint density at radius 1 is 1.37 bits per heavy atom. The lowest BCUT2D eigenvalue weighted by Gasteiger charge is -2.11. The van der Waals surface area contributed by atoms with Gasteiger partial charge in [0.15, 0.2) is 5.82 Å². The molecule has 1 N–H and O–H groups in total. The summed E-state index contributed by atoms with van der Waals surface area (Å²) in [6.07, 6.45) is 2.32. The number of hydrogen-bond donors (Lipinski definition) is 1. The summed E-state index contributed by atoms with van der Waals surface area (Å²) < 4.78 is 5.71. The van der Waals surface area contributed by atoms with Crippen LogP contribution in [0.4, 0.5) is 5.82 Å². The summed E-state index contributed by atoms with van der Waals surface area (Å²) >= 11 is 1.64. The van der Waals surface area contributed by atoms with E-state index >= 15 is 0 Å². The van der Waals surface area contributed by atoms with Crippen LogP contribution in [0.1, 0.15) is 39.4 Å². The number of anilines is 1. The van der Waals surface area contributed by atoms with Gasteiger partial charge in [-0.1, -0.05) is 13.8 Å². The molecule has 2 aromatic rings. The fourth-order valence-corrected chi connectivity index (χ4v) is 2.46. The molecule has 0 radical (unpaired) electrons. The number of aromatic nitrogens is 2. The van der Waals surface area contributed by atoms with E-state index in [0.29, 0.717) is 6.61 Å². The van der Waals surface area contributed by atoms with Crippen LogP contribution in [0, 0.1) is 0 Å². The monoisotopic (exact) mass is 279 g/mol. The summed E-state index contributed by atoms with van der Waals surface area (Å²) in [5.74, 6) is 1.68. The van der Waals surface area contributed by atoms with Crippen LogP contribution < -0.4 is 5.32 Å². The third-order valence-corrected chi connectivity index (χ3v) is 3.79. The summed E-state index contributed by atoms with van der Waals surface area (Å²) in [7, 11) is 0. The molecule has 1 unspecified atom stereocenters. The number of fused-ring (bicyclic) bond motifs is 1. The molecule has 0 amide bonds. The molecular formula is C14H21N3OS. The summed E-state index contributed by atoms with van der Waals surface area (Å²) in [5.41, 5.74) is 0. The molecule has 0 aliphatic heterocycles. The standard InChI is InChI=1S/C14H21N3OS/c1-4-7-15-13-11-6-8-19-14(11)17-12(16-13)9-18-10(3)5-2/h6,8,10H,4-5,7,9H2,1-3H3,(H,15,16,17). The highest BCUT2D eigenvalue weighted by molar-refractivity contribution is 7.16. The zero-order chi connectivity index (χ0) is 13.7. The average molecular weight is 279 g/mol. The lowest BCUT2D eigenvalue weighted by molar-refractivity contribution is 0.0470. The third-order valence-electron chi connectivity index (χ3n) is 2.99. The van der Waals surface area contributed by atoms with Crippen LogP contribution in [0.2, 0.25) is 0 Å². The molecule has 1 atom stereocenters. The van der Waals surface area contributed by atoms with Crippen molar-refractivity contribution in [1.29, 1.82) is 0 Å². The second-order valence-electron chi connectivity index (χ2n) is 4.58. The first-order chi connectivity index (χ1) is 9.24. The van der Waals surface area contributed by atoms with Crippen LogP contribution in [0.25, 0.3) is 10.2 Å². The third kappa shape index (κ3) is 3.64. The molecule has 0 aromatic carbocycles. The van der Waals surface area contributed by atoms with Crippen LogP contribution in [0.15, 0.2) is 11.4 Å². The SMILES string of the molecule is CCCNc1nc(COC(C)CC)nc2sccc12. The lowest BCUT2D eigenvalue weighted by Crippen LogP contribution is -2.10. The number of thiophene rings is 1. The van der Waals surface area contributed by atoms with Crippen molar-refractivity contribution in [3.8, 4) is 0 Å². The van der Waals surface area contributed by atoms with E-state index in [-0.39, 0.29) is 6.10 Å². The average Bonchev–Trinajstić information content (AvgIpc) is 2.90. The highest BCUT2D eigenvalue weighted by Crippen LogP contribution is 2.25. The van der Waals surface area contributed by atoms with Gasteiger partial charge in [0.2, 0.25) is 0 Å². The molecule has 2 heterocycles. The Morgan fingerprint density at radius 3 is 2.95 bits per heavy atom. The van der Waals surface area contributed by atoms with Gasteiger partial charge in [0.1, 0.15) is 17.3 Å². The minimum atomic E-state index is 0.245. The van der Waals surface area contributed by atoms with Crippen LogP contribution in [-0.2, 0) is 11.3 Å². The highest BCUT2D eigenvalue weighted by Gasteiger charge is 2.09. The molecule has 0 saturated heterocycles. The topological polar surface area (TPSA) is 47.0 Å². The first kappa shape index (κ1) is 14.2.